The largest absolute Gasteiger partial charge is 0.392 e. The molecule has 3 N–H and O–H groups in total. The summed E-state index contributed by atoms with van der Waals surface area (Å²) in [5.74, 6) is -0.296. The molecule has 2 saturated heterocycles. The number of amides is 1. The van der Waals surface area contributed by atoms with Crippen LogP contribution in [0.1, 0.15) is 72.0 Å². The van der Waals surface area contributed by atoms with Gasteiger partial charge in [0.25, 0.3) is 0 Å². The van der Waals surface area contributed by atoms with E-state index >= 15 is 0 Å². The number of ether oxygens (including phenoxy) is 2. The van der Waals surface area contributed by atoms with E-state index in [1.165, 1.54) is 19.3 Å². The topological polar surface area (TPSA) is 117 Å². The second-order valence-electron chi connectivity index (χ2n) is 15.4. The van der Waals surface area contributed by atoms with Crippen LogP contribution in [-0.4, -0.2) is 56.1 Å². The van der Waals surface area contributed by atoms with Gasteiger partial charge in [0, 0.05) is 24.6 Å². The highest BCUT2D eigenvalue weighted by atomic mass is 32.2. The molecule has 0 bridgehead atoms. The molecular weight excluding hydrogens is 735 g/mol. The van der Waals surface area contributed by atoms with Gasteiger partial charge < -0.3 is 24.8 Å². The molecule has 5 atom stereocenters. The van der Waals surface area contributed by atoms with Crippen LogP contribution in [0.25, 0.3) is 11.1 Å². The smallest absolute Gasteiger partial charge is 0.241 e. The van der Waals surface area contributed by atoms with E-state index in [4.69, 9.17) is 9.47 Å². The van der Waals surface area contributed by atoms with Crippen LogP contribution in [0.15, 0.2) is 132 Å². The van der Waals surface area contributed by atoms with Crippen LogP contribution in [0.3, 0.4) is 0 Å². The summed E-state index contributed by atoms with van der Waals surface area (Å²) in [7, 11) is -3.97. The van der Waals surface area contributed by atoms with E-state index < -0.39 is 28.3 Å². The summed E-state index contributed by atoms with van der Waals surface area (Å²) in [5.41, 5.74) is 7.45. The number of nitrogens with one attached hydrogen (secondary N) is 2. The molecule has 57 heavy (non-hydrogen) atoms. The lowest BCUT2D eigenvalue weighted by atomic mass is 9.89. The Morgan fingerprint density at radius 3 is 2.16 bits per heavy atom. The van der Waals surface area contributed by atoms with Crippen LogP contribution in [0.5, 0.6) is 0 Å². The van der Waals surface area contributed by atoms with Crippen molar-refractivity contribution >= 4 is 15.9 Å². The number of hydrogen-bond acceptors (Lipinski definition) is 7. The molecule has 2 aliphatic heterocycles. The molecule has 0 spiro atoms. The van der Waals surface area contributed by atoms with Gasteiger partial charge >= 0.3 is 0 Å². The maximum Gasteiger partial charge on any atom is 0.241 e. The fourth-order valence-corrected chi connectivity index (χ4v) is 9.01. The second-order valence-corrected chi connectivity index (χ2v) is 17.1. The number of aliphatic hydroxyl groups excluding tert-OH is 1. The van der Waals surface area contributed by atoms with Gasteiger partial charge in [0.2, 0.25) is 15.9 Å². The molecule has 5 aromatic rings. The molecule has 7 rings (SSSR count). The number of rotatable bonds is 14. The number of aryl methyl sites for hydroxylation is 1. The molecule has 2 heterocycles. The van der Waals surface area contributed by atoms with Gasteiger partial charge in [0.05, 0.1) is 23.7 Å². The summed E-state index contributed by atoms with van der Waals surface area (Å²) in [6, 6.07) is 39.1. The van der Waals surface area contributed by atoms with Crippen molar-refractivity contribution in [1.82, 2.24) is 14.9 Å². The first-order valence-corrected chi connectivity index (χ1v) is 21.5. The molecule has 2 fully saturated rings. The third-order valence-electron chi connectivity index (χ3n) is 11.2. The predicted molar refractivity (Wildman–Crippen MR) is 222 cm³/mol. The van der Waals surface area contributed by atoms with Crippen molar-refractivity contribution in [3.05, 3.63) is 161 Å². The number of nitrogens with zero attached hydrogens (tertiary/aromatic N) is 1. The standard InChI is InChI=1S/C47H53N3O6S/c1-33-15-25-41(26-16-33)57(53,54)49-43(29-35-11-5-3-6-12-35)46(52)48-30-40-13-7-8-14-42(40)37-21-23-39(24-22-37)47-55-44(31-50-27-9-4-10-28-50)34(2)45(56-47)38-19-17-36(32-51)18-20-38/h3,5-8,11-26,34,43-45,47,49,51H,4,9-10,27-32H2,1-2H3,(H,48,52)/t34-,43-,44+,45+,47+/m1/s1. The van der Waals surface area contributed by atoms with Crippen molar-refractivity contribution in [3.63, 3.8) is 0 Å². The molecule has 1 amide bonds. The average Bonchev–Trinajstić information content (AvgIpc) is 3.24. The Morgan fingerprint density at radius 2 is 1.46 bits per heavy atom. The Kier molecular flexibility index (Phi) is 13.3. The number of benzene rings is 5. The van der Waals surface area contributed by atoms with E-state index in [0.717, 1.165) is 64.1 Å². The average molecular weight is 788 g/mol. The van der Waals surface area contributed by atoms with E-state index in [0.29, 0.717) is 0 Å². The van der Waals surface area contributed by atoms with Crippen molar-refractivity contribution in [3.8, 4) is 11.1 Å². The summed E-state index contributed by atoms with van der Waals surface area (Å²) in [6.45, 7) is 7.32. The minimum Gasteiger partial charge on any atom is -0.392 e. The number of aliphatic hydroxyl groups is 1. The Bertz CT molecular complexity index is 2170. The maximum atomic E-state index is 13.8. The fraction of sp³-hybridized carbons (Fsp3) is 0.340. The Morgan fingerprint density at radius 1 is 0.789 bits per heavy atom. The minimum atomic E-state index is -3.97. The number of hydrogen-bond donors (Lipinski definition) is 3. The number of carbonyl (C=O) groups excluding carboxylic acids is 1. The van der Waals surface area contributed by atoms with E-state index in [1.807, 2.05) is 85.8 Å². The van der Waals surface area contributed by atoms with Gasteiger partial charge in [-0.2, -0.15) is 4.72 Å². The molecule has 9 nitrogen and oxygen atoms in total. The predicted octanol–water partition coefficient (Wildman–Crippen LogP) is 7.64. The molecule has 0 radical (unpaired) electrons. The summed E-state index contributed by atoms with van der Waals surface area (Å²) in [4.78, 5) is 16.4. The Balaban J connectivity index is 1.08. The van der Waals surface area contributed by atoms with E-state index in [2.05, 4.69) is 46.1 Å². The third-order valence-corrected chi connectivity index (χ3v) is 12.7. The van der Waals surface area contributed by atoms with Crippen molar-refractivity contribution in [1.29, 1.82) is 0 Å². The van der Waals surface area contributed by atoms with Crippen LogP contribution in [0.4, 0.5) is 0 Å². The van der Waals surface area contributed by atoms with Crippen molar-refractivity contribution < 1.29 is 27.8 Å². The van der Waals surface area contributed by atoms with Crippen molar-refractivity contribution in [2.24, 2.45) is 5.92 Å². The zero-order valence-electron chi connectivity index (χ0n) is 32.7. The molecule has 0 aliphatic carbocycles. The molecule has 5 aromatic carbocycles. The van der Waals surface area contributed by atoms with E-state index in [9.17, 15) is 18.3 Å². The first-order valence-electron chi connectivity index (χ1n) is 20.0. The lowest BCUT2D eigenvalue weighted by Crippen LogP contribution is -2.47. The van der Waals surface area contributed by atoms with Gasteiger partial charge in [0.15, 0.2) is 6.29 Å². The summed E-state index contributed by atoms with van der Waals surface area (Å²) >= 11 is 0. The van der Waals surface area contributed by atoms with Crippen LogP contribution < -0.4 is 10.0 Å². The van der Waals surface area contributed by atoms with Crippen LogP contribution in [0, 0.1) is 12.8 Å². The molecule has 10 heteroatoms. The molecule has 2 aliphatic rings. The van der Waals surface area contributed by atoms with Gasteiger partial charge in [-0.15, -0.1) is 0 Å². The number of piperidine rings is 1. The zero-order valence-corrected chi connectivity index (χ0v) is 33.5. The van der Waals surface area contributed by atoms with Crippen molar-refractivity contribution in [2.75, 3.05) is 19.6 Å². The van der Waals surface area contributed by atoms with Gasteiger partial charge in [-0.05, 0) is 84.8 Å². The highest BCUT2D eigenvalue weighted by Gasteiger charge is 2.39. The minimum absolute atomic E-state index is 0.00261. The normalized spacial score (nSPS) is 20.8. The summed E-state index contributed by atoms with van der Waals surface area (Å²) < 4.78 is 43.0. The summed E-state index contributed by atoms with van der Waals surface area (Å²) in [5, 5.41) is 12.7. The van der Waals surface area contributed by atoms with E-state index in [-0.39, 0.29) is 42.6 Å². The van der Waals surface area contributed by atoms with Gasteiger partial charge in [-0.3, -0.25) is 4.79 Å². The molecule has 298 valence electrons. The van der Waals surface area contributed by atoms with Crippen LogP contribution in [0.2, 0.25) is 0 Å². The number of likely N-dealkylation sites (tertiary alicyclic amines) is 1. The molecular formula is C47H53N3O6S. The molecule has 0 aromatic heterocycles. The second kappa shape index (κ2) is 18.7. The lowest BCUT2D eigenvalue weighted by molar-refractivity contribution is -0.276. The van der Waals surface area contributed by atoms with Crippen LogP contribution in [-0.2, 0) is 43.9 Å². The van der Waals surface area contributed by atoms with Crippen molar-refractivity contribution in [2.45, 2.75) is 82.1 Å². The third kappa shape index (κ3) is 10.3. The molecule has 0 unspecified atom stereocenters. The monoisotopic (exact) mass is 787 g/mol. The summed E-state index contributed by atoms with van der Waals surface area (Å²) in [6.07, 6.45) is 3.12. The van der Waals surface area contributed by atoms with Gasteiger partial charge in [0.1, 0.15) is 6.04 Å². The SMILES string of the molecule is Cc1ccc(S(=O)(=O)N[C@H](Cc2ccccc2)C(=O)NCc2ccccc2-c2ccc([C@H]3O[C@@H](CN4CCCCC4)[C@@H](C)[C@@H](c4ccc(CO)cc4)O3)cc2)cc1. The fourth-order valence-electron chi connectivity index (χ4n) is 7.82. The lowest BCUT2D eigenvalue weighted by Gasteiger charge is -2.43. The highest BCUT2D eigenvalue weighted by Crippen LogP contribution is 2.42. The van der Waals surface area contributed by atoms with Gasteiger partial charge in [-0.1, -0.05) is 134 Å². The van der Waals surface area contributed by atoms with Crippen LogP contribution >= 0.6 is 0 Å². The first-order chi connectivity index (χ1) is 27.7. The Hall–Kier alpha value is -4.68. The zero-order chi connectivity index (χ0) is 39.8. The number of carbonyl (C=O) groups is 1. The number of sulfonamides is 1. The quantitative estimate of drug-likeness (QED) is 0.106. The molecule has 0 saturated carbocycles. The Labute approximate surface area is 337 Å². The highest BCUT2D eigenvalue weighted by molar-refractivity contribution is 7.89. The van der Waals surface area contributed by atoms with Gasteiger partial charge in [-0.25, -0.2) is 8.42 Å². The first kappa shape index (κ1) is 40.5. The van der Waals surface area contributed by atoms with E-state index in [1.54, 1.807) is 24.3 Å². The maximum absolute atomic E-state index is 13.8.